The van der Waals surface area contributed by atoms with E-state index in [1.807, 2.05) is 0 Å². The minimum atomic E-state index is -0.0688. The van der Waals surface area contributed by atoms with Gasteiger partial charge in [0.2, 0.25) is 5.91 Å². The van der Waals surface area contributed by atoms with Crippen LogP contribution in [0, 0.1) is 12.8 Å². The summed E-state index contributed by atoms with van der Waals surface area (Å²) < 4.78 is 10.8. The van der Waals surface area contributed by atoms with Crippen LogP contribution >= 0.6 is 0 Å². The van der Waals surface area contributed by atoms with Gasteiger partial charge >= 0.3 is 0 Å². The van der Waals surface area contributed by atoms with Crippen molar-refractivity contribution < 1.29 is 14.3 Å². The quantitative estimate of drug-likeness (QED) is 0.897. The summed E-state index contributed by atoms with van der Waals surface area (Å²) in [5, 5.41) is 2.92. The second-order valence-corrected chi connectivity index (χ2v) is 5.34. The van der Waals surface area contributed by atoms with Crippen molar-refractivity contribution in [2.24, 2.45) is 5.92 Å². The maximum atomic E-state index is 11.5. The van der Waals surface area contributed by atoms with Crippen LogP contribution in [-0.2, 0) is 14.3 Å². The van der Waals surface area contributed by atoms with E-state index < -0.39 is 0 Å². The van der Waals surface area contributed by atoms with Crippen LogP contribution < -0.4 is 5.32 Å². The van der Waals surface area contributed by atoms with E-state index in [0.29, 0.717) is 12.5 Å². The standard InChI is InChI=1S/C16H23NO3/c1-12-5-7-13(8-6-12)16-14(4-3-9-20-16)10-17-15(18)11-19-2/h5-8,14,16H,3-4,9-11H2,1-2H3,(H,17,18)/t14-,16-/m1/s1. The number of rotatable bonds is 5. The molecular formula is C16H23NO3. The fourth-order valence-corrected chi connectivity index (χ4v) is 2.60. The fraction of sp³-hybridized carbons (Fsp3) is 0.562. The highest BCUT2D eigenvalue weighted by Gasteiger charge is 2.27. The summed E-state index contributed by atoms with van der Waals surface area (Å²) in [5.41, 5.74) is 2.44. The van der Waals surface area contributed by atoms with E-state index in [9.17, 15) is 4.79 Å². The molecule has 2 atom stereocenters. The molecule has 1 aliphatic heterocycles. The minimum Gasteiger partial charge on any atom is -0.375 e. The average Bonchev–Trinajstić information content (AvgIpc) is 2.47. The third-order valence-corrected chi connectivity index (χ3v) is 3.69. The molecule has 0 saturated carbocycles. The first-order valence-corrected chi connectivity index (χ1v) is 7.14. The maximum absolute atomic E-state index is 11.5. The molecule has 1 heterocycles. The average molecular weight is 277 g/mol. The predicted octanol–water partition coefficient (Wildman–Crippen LogP) is 2.23. The van der Waals surface area contributed by atoms with Gasteiger partial charge in [0.05, 0.1) is 6.10 Å². The first-order chi connectivity index (χ1) is 9.70. The highest BCUT2D eigenvalue weighted by molar-refractivity contribution is 5.77. The third kappa shape index (κ3) is 4.05. The van der Waals surface area contributed by atoms with Crippen LogP contribution in [0.3, 0.4) is 0 Å². The lowest BCUT2D eigenvalue weighted by atomic mass is 9.89. The van der Waals surface area contributed by atoms with Crippen molar-refractivity contribution in [3.8, 4) is 0 Å². The summed E-state index contributed by atoms with van der Waals surface area (Å²) in [6.45, 7) is 3.62. The molecule has 1 amide bonds. The normalized spacial score (nSPS) is 22.5. The third-order valence-electron chi connectivity index (χ3n) is 3.69. The van der Waals surface area contributed by atoms with Gasteiger partial charge in [-0.3, -0.25) is 4.79 Å². The Labute approximate surface area is 120 Å². The molecule has 0 bridgehead atoms. The summed E-state index contributed by atoms with van der Waals surface area (Å²) in [5.74, 6) is 0.257. The van der Waals surface area contributed by atoms with Crippen molar-refractivity contribution >= 4 is 5.91 Å². The van der Waals surface area contributed by atoms with Gasteiger partial charge < -0.3 is 14.8 Å². The molecule has 2 rings (SSSR count). The molecule has 1 aromatic rings. The number of aryl methyl sites for hydroxylation is 1. The molecule has 110 valence electrons. The van der Waals surface area contributed by atoms with E-state index >= 15 is 0 Å². The first-order valence-electron chi connectivity index (χ1n) is 7.14. The van der Waals surface area contributed by atoms with E-state index in [2.05, 4.69) is 36.5 Å². The molecular weight excluding hydrogens is 254 g/mol. The Balaban J connectivity index is 1.98. The molecule has 0 aromatic heterocycles. The van der Waals surface area contributed by atoms with Crippen LogP contribution in [-0.4, -0.2) is 32.8 Å². The zero-order chi connectivity index (χ0) is 14.4. The number of amides is 1. The Bertz CT molecular complexity index is 430. The van der Waals surface area contributed by atoms with E-state index in [0.717, 1.165) is 19.4 Å². The second-order valence-electron chi connectivity index (χ2n) is 5.34. The number of nitrogens with one attached hydrogen (secondary N) is 1. The Hall–Kier alpha value is -1.39. The zero-order valence-electron chi connectivity index (χ0n) is 12.2. The molecule has 20 heavy (non-hydrogen) atoms. The van der Waals surface area contributed by atoms with Gasteiger partial charge in [-0.05, 0) is 25.3 Å². The van der Waals surface area contributed by atoms with Gasteiger partial charge in [0.15, 0.2) is 0 Å². The lowest BCUT2D eigenvalue weighted by Crippen LogP contribution is -2.36. The maximum Gasteiger partial charge on any atom is 0.245 e. The Kier molecular flexibility index (Phi) is 5.56. The summed E-state index contributed by atoms with van der Waals surface area (Å²) in [6, 6.07) is 8.45. The summed E-state index contributed by atoms with van der Waals surface area (Å²) in [4.78, 5) is 11.5. The number of carbonyl (C=O) groups is 1. The SMILES string of the molecule is COCC(=O)NC[C@H]1CCCO[C@@H]1c1ccc(C)cc1. The minimum absolute atomic E-state index is 0.0688. The topological polar surface area (TPSA) is 47.6 Å². The monoisotopic (exact) mass is 277 g/mol. The molecule has 0 unspecified atom stereocenters. The molecule has 1 aromatic carbocycles. The first kappa shape index (κ1) is 15.0. The largest absolute Gasteiger partial charge is 0.375 e. The second kappa shape index (κ2) is 7.41. The predicted molar refractivity (Wildman–Crippen MR) is 77.5 cm³/mol. The number of hydrogen-bond donors (Lipinski definition) is 1. The van der Waals surface area contributed by atoms with Crippen molar-refractivity contribution in [1.29, 1.82) is 0 Å². The van der Waals surface area contributed by atoms with Crippen molar-refractivity contribution in [3.63, 3.8) is 0 Å². The lowest BCUT2D eigenvalue weighted by Gasteiger charge is -2.32. The number of methoxy groups -OCH3 is 1. The van der Waals surface area contributed by atoms with E-state index in [4.69, 9.17) is 9.47 Å². The molecule has 0 spiro atoms. The number of hydrogen-bond acceptors (Lipinski definition) is 3. The summed E-state index contributed by atoms with van der Waals surface area (Å²) in [6.07, 6.45) is 2.20. The van der Waals surface area contributed by atoms with Crippen LogP contribution in [0.25, 0.3) is 0 Å². The summed E-state index contributed by atoms with van der Waals surface area (Å²) in [7, 11) is 1.53. The van der Waals surface area contributed by atoms with Crippen LogP contribution in [0.1, 0.15) is 30.1 Å². The van der Waals surface area contributed by atoms with Gasteiger partial charge in [-0.1, -0.05) is 29.8 Å². The summed E-state index contributed by atoms with van der Waals surface area (Å²) >= 11 is 0. The van der Waals surface area contributed by atoms with Gasteiger partial charge in [-0.2, -0.15) is 0 Å². The molecule has 1 fully saturated rings. The Morgan fingerprint density at radius 1 is 1.40 bits per heavy atom. The molecule has 1 N–H and O–H groups in total. The Morgan fingerprint density at radius 3 is 2.85 bits per heavy atom. The van der Waals surface area contributed by atoms with E-state index in [1.54, 1.807) is 0 Å². The molecule has 4 nitrogen and oxygen atoms in total. The van der Waals surface area contributed by atoms with E-state index in [-0.39, 0.29) is 18.6 Å². The van der Waals surface area contributed by atoms with Gasteiger partial charge in [-0.15, -0.1) is 0 Å². The van der Waals surface area contributed by atoms with E-state index in [1.165, 1.54) is 18.2 Å². The van der Waals surface area contributed by atoms with Crippen LogP contribution in [0.15, 0.2) is 24.3 Å². The highest BCUT2D eigenvalue weighted by Crippen LogP contribution is 2.33. The van der Waals surface area contributed by atoms with Gasteiger partial charge in [0, 0.05) is 26.2 Å². The molecule has 1 saturated heterocycles. The highest BCUT2D eigenvalue weighted by atomic mass is 16.5. The number of carbonyl (C=O) groups excluding carboxylic acids is 1. The number of ether oxygens (including phenoxy) is 2. The zero-order valence-corrected chi connectivity index (χ0v) is 12.2. The molecule has 0 aliphatic carbocycles. The fourth-order valence-electron chi connectivity index (χ4n) is 2.60. The molecule has 4 heteroatoms. The van der Waals surface area contributed by atoms with Crippen molar-refractivity contribution in [3.05, 3.63) is 35.4 Å². The molecule has 1 aliphatic rings. The van der Waals surface area contributed by atoms with Gasteiger partial charge in [0.1, 0.15) is 6.61 Å². The lowest BCUT2D eigenvalue weighted by molar-refractivity contribution is -0.125. The van der Waals surface area contributed by atoms with Crippen LogP contribution in [0.4, 0.5) is 0 Å². The van der Waals surface area contributed by atoms with Gasteiger partial charge in [0.25, 0.3) is 0 Å². The molecule has 0 radical (unpaired) electrons. The Morgan fingerprint density at radius 2 is 2.15 bits per heavy atom. The van der Waals surface area contributed by atoms with Crippen molar-refractivity contribution in [2.75, 3.05) is 26.9 Å². The number of benzene rings is 1. The van der Waals surface area contributed by atoms with Crippen molar-refractivity contribution in [1.82, 2.24) is 5.32 Å². The van der Waals surface area contributed by atoms with Crippen LogP contribution in [0.2, 0.25) is 0 Å². The van der Waals surface area contributed by atoms with Crippen LogP contribution in [0.5, 0.6) is 0 Å². The van der Waals surface area contributed by atoms with Crippen molar-refractivity contribution in [2.45, 2.75) is 25.9 Å². The van der Waals surface area contributed by atoms with Gasteiger partial charge in [-0.25, -0.2) is 0 Å². The smallest absolute Gasteiger partial charge is 0.245 e.